The van der Waals surface area contributed by atoms with Crippen molar-refractivity contribution in [2.45, 2.75) is 0 Å². The third-order valence-corrected chi connectivity index (χ3v) is 1.22. The minimum atomic E-state index is -0.513. The summed E-state index contributed by atoms with van der Waals surface area (Å²) in [5, 5.41) is 10.3. The van der Waals surface area contributed by atoms with Gasteiger partial charge in [-0.05, 0) is 6.07 Å². The Morgan fingerprint density at radius 3 is 2.55 bits per heavy atom. The van der Waals surface area contributed by atoms with Gasteiger partial charge in [-0.15, -0.1) is 0 Å². The second-order valence-corrected chi connectivity index (χ2v) is 1.87. The molecule has 1 radical (unpaired) electrons. The molecule has 0 amide bonds. The maximum atomic E-state index is 10.3. The average molecular weight is 152 g/mol. The Kier molecular flexibility index (Phi) is 2.06. The smallest absolute Gasteiger partial charge is 0.310 e. The van der Waals surface area contributed by atoms with E-state index in [1.807, 2.05) is 0 Å². The molecule has 0 N–H and O–H groups in total. The number of para-hydroxylation sites is 2. The van der Waals surface area contributed by atoms with Crippen molar-refractivity contribution in [3.05, 3.63) is 41.5 Å². The molecule has 0 aliphatic heterocycles. The van der Waals surface area contributed by atoms with Crippen LogP contribution in [-0.2, 0) is 0 Å². The van der Waals surface area contributed by atoms with Crippen molar-refractivity contribution in [2.75, 3.05) is 0 Å². The molecule has 0 bridgehead atoms. The fraction of sp³-hybridized carbons (Fsp3) is 0. The van der Waals surface area contributed by atoms with Crippen molar-refractivity contribution < 1.29 is 9.66 Å². The van der Waals surface area contributed by atoms with Crippen molar-refractivity contribution >= 4 is 5.69 Å². The number of nitrogens with zero attached hydrogens (tertiary/aromatic N) is 1. The topological polar surface area (TPSA) is 52.4 Å². The standard InChI is InChI=1S/C7H6NO3/c1-11-7-5-3-2-4-6(7)8(9)10/h2-5H,1H2. The first-order chi connectivity index (χ1) is 5.25. The Labute approximate surface area is 63.6 Å². The summed E-state index contributed by atoms with van der Waals surface area (Å²) in [5.74, 6) is 0.178. The van der Waals surface area contributed by atoms with Crippen LogP contribution >= 0.6 is 0 Å². The lowest BCUT2D eigenvalue weighted by Crippen LogP contribution is -1.90. The van der Waals surface area contributed by atoms with Crippen LogP contribution in [0, 0.1) is 17.2 Å². The summed E-state index contributed by atoms with van der Waals surface area (Å²) in [6, 6.07) is 6.07. The molecule has 11 heavy (non-hydrogen) atoms. The molecule has 0 aliphatic rings. The van der Waals surface area contributed by atoms with Crippen LogP contribution in [0.1, 0.15) is 0 Å². The largest absolute Gasteiger partial charge is 0.483 e. The number of nitro groups is 1. The highest BCUT2D eigenvalue weighted by molar-refractivity contribution is 5.45. The highest BCUT2D eigenvalue weighted by atomic mass is 16.6. The Hall–Kier alpha value is -1.58. The van der Waals surface area contributed by atoms with E-state index in [4.69, 9.17) is 0 Å². The van der Waals surface area contributed by atoms with E-state index < -0.39 is 4.92 Å². The number of ether oxygens (including phenoxy) is 1. The van der Waals surface area contributed by atoms with Gasteiger partial charge in [-0.2, -0.15) is 0 Å². The molecular weight excluding hydrogens is 146 g/mol. The van der Waals surface area contributed by atoms with E-state index in [1.165, 1.54) is 12.1 Å². The predicted octanol–water partition coefficient (Wildman–Crippen LogP) is 1.77. The molecule has 0 spiro atoms. The van der Waals surface area contributed by atoms with E-state index in [0.29, 0.717) is 0 Å². The van der Waals surface area contributed by atoms with E-state index in [0.717, 1.165) is 0 Å². The second-order valence-electron chi connectivity index (χ2n) is 1.87. The summed E-state index contributed by atoms with van der Waals surface area (Å²) < 4.78 is 4.51. The molecule has 0 aromatic heterocycles. The highest BCUT2D eigenvalue weighted by Crippen LogP contribution is 2.24. The zero-order valence-corrected chi connectivity index (χ0v) is 5.69. The molecule has 57 valence electrons. The van der Waals surface area contributed by atoms with E-state index in [9.17, 15) is 10.1 Å². The molecule has 4 heteroatoms. The van der Waals surface area contributed by atoms with Gasteiger partial charge in [-0.1, -0.05) is 12.1 Å². The van der Waals surface area contributed by atoms with Crippen molar-refractivity contribution in [1.82, 2.24) is 0 Å². The van der Waals surface area contributed by atoms with Gasteiger partial charge >= 0.3 is 5.69 Å². The van der Waals surface area contributed by atoms with Crippen LogP contribution in [0.25, 0.3) is 0 Å². The molecule has 0 atom stereocenters. The summed E-state index contributed by atoms with van der Waals surface area (Å²) in [5.41, 5.74) is -0.0671. The lowest BCUT2D eigenvalue weighted by Gasteiger charge is -1.97. The van der Waals surface area contributed by atoms with Gasteiger partial charge in [0.2, 0.25) is 0 Å². The first kappa shape index (κ1) is 7.53. The van der Waals surface area contributed by atoms with E-state index >= 15 is 0 Å². The number of benzene rings is 1. The maximum absolute atomic E-state index is 10.3. The third-order valence-electron chi connectivity index (χ3n) is 1.22. The van der Waals surface area contributed by atoms with Crippen LogP contribution in [0.3, 0.4) is 0 Å². The number of hydrogen-bond acceptors (Lipinski definition) is 3. The van der Waals surface area contributed by atoms with E-state index in [1.54, 1.807) is 12.1 Å². The molecule has 1 aromatic rings. The molecule has 0 unspecified atom stereocenters. The van der Waals surface area contributed by atoms with Crippen molar-refractivity contribution in [1.29, 1.82) is 0 Å². The first-order valence-electron chi connectivity index (χ1n) is 2.91. The summed E-state index contributed by atoms with van der Waals surface area (Å²) in [7, 11) is 3.09. The minimum Gasteiger partial charge on any atom is -0.483 e. The van der Waals surface area contributed by atoms with Gasteiger partial charge in [0.25, 0.3) is 0 Å². The molecule has 0 saturated heterocycles. The van der Waals surface area contributed by atoms with Gasteiger partial charge in [0.05, 0.1) is 4.92 Å². The van der Waals surface area contributed by atoms with Crippen LogP contribution in [-0.4, -0.2) is 4.92 Å². The van der Waals surface area contributed by atoms with Crippen molar-refractivity contribution in [2.24, 2.45) is 0 Å². The van der Waals surface area contributed by atoms with Gasteiger partial charge in [0.1, 0.15) is 7.11 Å². The summed E-state index contributed by atoms with van der Waals surface area (Å²) in [6.07, 6.45) is 0. The van der Waals surface area contributed by atoms with Crippen LogP contribution < -0.4 is 4.74 Å². The van der Waals surface area contributed by atoms with Crippen molar-refractivity contribution in [3.63, 3.8) is 0 Å². The Morgan fingerprint density at radius 1 is 1.45 bits per heavy atom. The minimum absolute atomic E-state index is 0.0671. The van der Waals surface area contributed by atoms with Crippen LogP contribution in [0.4, 0.5) is 5.69 Å². The summed E-state index contributed by atoms with van der Waals surface area (Å²) in [4.78, 5) is 9.77. The first-order valence-corrected chi connectivity index (χ1v) is 2.91. The molecule has 4 nitrogen and oxygen atoms in total. The zero-order valence-electron chi connectivity index (χ0n) is 5.69. The Balaban J connectivity index is 3.12. The van der Waals surface area contributed by atoms with Gasteiger partial charge in [0.15, 0.2) is 5.75 Å². The average Bonchev–Trinajstić information content (AvgIpc) is 2.04. The Bertz CT molecular complexity index is 272. The van der Waals surface area contributed by atoms with E-state index in [2.05, 4.69) is 11.8 Å². The molecule has 0 fully saturated rings. The number of hydrogen-bond donors (Lipinski definition) is 0. The van der Waals surface area contributed by atoms with Crippen molar-refractivity contribution in [3.8, 4) is 5.75 Å². The third kappa shape index (κ3) is 1.46. The molecule has 0 saturated carbocycles. The fourth-order valence-electron chi connectivity index (χ4n) is 0.730. The Morgan fingerprint density at radius 2 is 2.09 bits per heavy atom. The lowest BCUT2D eigenvalue weighted by molar-refractivity contribution is -0.385. The van der Waals surface area contributed by atoms with Gasteiger partial charge in [0, 0.05) is 6.07 Å². The zero-order chi connectivity index (χ0) is 8.27. The molecule has 0 aliphatic carbocycles. The second kappa shape index (κ2) is 3.01. The van der Waals surface area contributed by atoms with Crippen LogP contribution in [0.5, 0.6) is 5.75 Å². The number of nitro benzene ring substituents is 1. The van der Waals surface area contributed by atoms with Crippen LogP contribution in [0.15, 0.2) is 24.3 Å². The summed E-state index contributed by atoms with van der Waals surface area (Å²) >= 11 is 0. The van der Waals surface area contributed by atoms with Gasteiger partial charge < -0.3 is 4.74 Å². The van der Waals surface area contributed by atoms with Gasteiger partial charge in [-0.3, -0.25) is 10.1 Å². The quantitative estimate of drug-likeness (QED) is 0.479. The SMILES string of the molecule is [CH2]Oc1ccccc1[N+](=O)[O-]. The summed E-state index contributed by atoms with van der Waals surface area (Å²) in [6.45, 7) is 0. The normalized spacial score (nSPS) is 9.18. The fourth-order valence-corrected chi connectivity index (χ4v) is 0.730. The van der Waals surface area contributed by atoms with Crippen LogP contribution in [0.2, 0.25) is 0 Å². The maximum Gasteiger partial charge on any atom is 0.310 e. The molecule has 1 rings (SSSR count). The predicted molar refractivity (Wildman–Crippen MR) is 39.1 cm³/mol. The van der Waals surface area contributed by atoms with E-state index in [-0.39, 0.29) is 11.4 Å². The highest BCUT2D eigenvalue weighted by Gasteiger charge is 2.11. The van der Waals surface area contributed by atoms with Gasteiger partial charge in [-0.25, -0.2) is 0 Å². The lowest BCUT2D eigenvalue weighted by atomic mass is 10.3. The molecular formula is C7H6NO3. The monoisotopic (exact) mass is 152 g/mol. The number of rotatable bonds is 2. The molecule has 1 aromatic carbocycles. The molecule has 0 heterocycles.